The van der Waals surface area contributed by atoms with Crippen molar-refractivity contribution in [1.29, 1.82) is 0 Å². The number of hydrogen-bond acceptors (Lipinski definition) is 2. The minimum Gasteiger partial charge on any atom is -0.411 e. The molecule has 0 fully saturated rings. The molecule has 3 nitrogen and oxygen atoms in total. The predicted molar refractivity (Wildman–Crippen MR) is 69.6 cm³/mol. The van der Waals surface area contributed by atoms with Crippen LogP contribution in [-0.2, 0) is 6.18 Å². The lowest BCUT2D eigenvalue weighted by Gasteiger charge is -2.13. The van der Waals surface area contributed by atoms with Gasteiger partial charge in [0.2, 0.25) is 0 Å². The molecule has 0 amide bonds. The maximum absolute atomic E-state index is 12.7. The van der Waals surface area contributed by atoms with Crippen LogP contribution in [0.4, 0.5) is 13.2 Å². The number of benzene rings is 1. The zero-order valence-corrected chi connectivity index (χ0v) is 10.9. The number of nitrogens with zero attached hydrogens (tertiary/aromatic N) is 2. The van der Waals surface area contributed by atoms with Crippen molar-refractivity contribution in [3.8, 4) is 5.69 Å². The summed E-state index contributed by atoms with van der Waals surface area (Å²) >= 11 is 0. The largest absolute Gasteiger partial charge is 0.416 e. The van der Waals surface area contributed by atoms with E-state index in [1.54, 1.807) is 30.5 Å². The Morgan fingerprint density at radius 3 is 2.50 bits per heavy atom. The van der Waals surface area contributed by atoms with Crippen molar-refractivity contribution < 1.29 is 18.4 Å². The molecule has 0 atom stereocenters. The molecule has 1 heterocycles. The van der Waals surface area contributed by atoms with Gasteiger partial charge in [0, 0.05) is 22.6 Å². The molecule has 0 aliphatic heterocycles. The zero-order chi connectivity index (χ0) is 14.9. The second kappa shape index (κ2) is 5.03. The van der Waals surface area contributed by atoms with Gasteiger partial charge in [-0.3, -0.25) is 0 Å². The summed E-state index contributed by atoms with van der Waals surface area (Å²) in [4.78, 5) is 0. The molecule has 2 rings (SSSR count). The zero-order valence-electron chi connectivity index (χ0n) is 10.9. The van der Waals surface area contributed by atoms with Crippen molar-refractivity contribution in [2.45, 2.75) is 20.0 Å². The first-order chi connectivity index (χ1) is 9.34. The van der Waals surface area contributed by atoms with Gasteiger partial charge in [-0.05, 0) is 38.1 Å². The normalized spacial score (nSPS) is 12.2. The Bertz CT molecular complexity index is 657. The van der Waals surface area contributed by atoms with E-state index in [2.05, 4.69) is 5.16 Å². The first kappa shape index (κ1) is 14.2. The third-order valence-corrected chi connectivity index (χ3v) is 3.10. The lowest BCUT2D eigenvalue weighted by atomic mass is 10.2. The first-order valence-corrected chi connectivity index (χ1v) is 5.88. The second-order valence-corrected chi connectivity index (χ2v) is 4.45. The SMILES string of the molecule is Cc1cc(/C=N\O)c(C)n1-c1cccc(C(F)(F)F)c1. The van der Waals surface area contributed by atoms with E-state index in [9.17, 15) is 13.2 Å². The van der Waals surface area contributed by atoms with E-state index in [1.807, 2.05) is 0 Å². The molecular weight excluding hydrogens is 269 g/mol. The molecule has 0 saturated heterocycles. The fourth-order valence-corrected chi connectivity index (χ4v) is 2.20. The predicted octanol–water partition coefficient (Wildman–Crippen LogP) is 3.92. The van der Waals surface area contributed by atoms with Crippen molar-refractivity contribution in [1.82, 2.24) is 4.57 Å². The number of aromatic nitrogens is 1. The van der Waals surface area contributed by atoms with Crippen molar-refractivity contribution >= 4 is 6.21 Å². The van der Waals surface area contributed by atoms with Gasteiger partial charge in [-0.2, -0.15) is 13.2 Å². The van der Waals surface area contributed by atoms with Crippen LogP contribution in [0.5, 0.6) is 0 Å². The first-order valence-electron chi connectivity index (χ1n) is 5.88. The van der Waals surface area contributed by atoms with Gasteiger partial charge in [0.1, 0.15) is 0 Å². The summed E-state index contributed by atoms with van der Waals surface area (Å²) in [7, 11) is 0. The molecule has 2 aromatic rings. The Hall–Kier alpha value is -2.24. The molecule has 0 aliphatic carbocycles. The van der Waals surface area contributed by atoms with E-state index in [0.717, 1.165) is 17.8 Å². The van der Waals surface area contributed by atoms with Crippen molar-refractivity contribution in [3.05, 3.63) is 52.8 Å². The van der Waals surface area contributed by atoms with Crippen LogP contribution in [0.25, 0.3) is 5.69 Å². The molecule has 6 heteroatoms. The molecule has 0 aliphatic rings. The maximum Gasteiger partial charge on any atom is 0.416 e. The minimum atomic E-state index is -4.37. The Kier molecular flexibility index (Phi) is 3.57. The van der Waals surface area contributed by atoms with E-state index in [1.165, 1.54) is 12.3 Å². The van der Waals surface area contributed by atoms with Crippen molar-refractivity contribution in [2.75, 3.05) is 0 Å². The Balaban J connectivity index is 2.58. The van der Waals surface area contributed by atoms with E-state index in [0.29, 0.717) is 16.9 Å². The fourth-order valence-electron chi connectivity index (χ4n) is 2.20. The monoisotopic (exact) mass is 282 g/mol. The average Bonchev–Trinajstić information content (AvgIpc) is 2.64. The average molecular weight is 282 g/mol. The standard InChI is InChI=1S/C14H13F3N2O/c1-9-6-11(8-18-20)10(2)19(9)13-5-3-4-12(7-13)14(15,16)17/h3-8,20H,1-2H3/b18-8-. The number of rotatable bonds is 2. The van der Waals surface area contributed by atoms with Crippen molar-refractivity contribution in [2.24, 2.45) is 5.16 Å². The summed E-state index contributed by atoms with van der Waals surface area (Å²) in [6, 6.07) is 6.86. The number of aryl methyl sites for hydroxylation is 1. The highest BCUT2D eigenvalue weighted by Crippen LogP contribution is 2.31. The number of oxime groups is 1. The number of halogens is 3. The quantitative estimate of drug-likeness (QED) is 0.506. The molecule has 1 aromatic heterocycles. The molecule has 0 unspecified atom stereocenters. The summed E-state index contributed by atoms with van der Waals surface area (Å²) in [6.07, 6.45) is -3.12. The molecule has 1 N–H and O–H groups in total. The Morgan fingerprint density at radius 1 is 1.20 bits per heavy atom. The van der Waals surface area contributed by atoms with E-state index >= 15 is 0 Å². The van der Waals surface area contributed by atoms with Crippen LogP contribution < -0.4 is 0 Å². The minimum absolute atomic E-state index is 0.424. The van der Waals surface area contributed by atoms with Crippen LogP contribution in [-0.4, -0.2) is 16.0 Å². The lowest BCUT2D eigenvalue weighted by molar-refractivity contribution is -0.137. The third kappa shape index (κ3) is 2.54. The van der Waals surface area contributed by atoms with E-state index < -0.39 is 11.7 Å². The van der Waals surface area contributed by atoms with Crippen molar-refractivity contribution in [3.63, 3.8) is 0 Å². The topological polar surface area (TPSA) is 37.5 Å². The molecule has 0 spiro atoms. The van der Waals surface area contributed by atoms with Crippen LogP contribution in [0.3, 0.4) is 0 Å². The summed E-state index contributed by atoms with van der Waals surface area (Å²) < 4.78 is 39.9. The molecule has 0 bridgehead atoms. The highest BCUT2D eigenvalue weighted by Gasteiger charge is 2.30. The lowest BCUT2D eigenvalue weighted by Crippen LogP contribution is -2.07. The smallest absolute Gasteiger partial charge is 0.411 e. The molecule has 1 aromatic carbocycles. The van der Waals surface area contributed by atoms with Gasteiger partial charge < -0.3 is 9.77 Å². The van der Waals surface area contributed by atoms with Crippen LogP contribution in [0.2, 0.25) is 0 Å². The van der Waals surface area contributed by atoms with Crippen LogP contribution >= 0.6 is 0 Å². The summed E-state index contributed by atoms with van der Waals surface area (Å²) in [5, 5.41) is 11.5. The van der Waals surface area contributed by atoms with Crippen LogP contribution in [0.15, 0.2) is 35.5 Å². The van der Waals surface area contributed by atoms with E-state index in [-0.39, 0.29) is 0 Å². The van der Waals surface area contributed by atoms with Gasteiger partial charge >= 0.3 is 6.18 Å². The van der Waals surface area contributed by atoms with E-state index in [4.69, 9.17) is 5.21 Å². The Morgan fingerprint density at radius 2 is 1.90 bits per heavy atom. The van der Waals surface area contributed by atoms with Gasteiger partial charge in [0.15, 0.2) is 0 Å². The summed E-state index contributed by atoms with van der Waals surface area (Å²) in [6.45, 7) is 3.53. The highest BCUT2D eigenvalue weighted by molar-refractivity contribution is 5.81. The van der Waals surface area contributed by atoms with Gasteiger partial charge in [0.25, 0.3) is 0 Å². The molecular formula is C14H13F3N2O. The molecule has 106 valence electrons. The molecule has 0 saturated carbocycles. The summed E-state index contributed by atoms with van der Waals surface area (Å²) in [5.41, 5.74) is 1.85. The van der Waals surface area contributed by atoms with Gasteiger partial charge in [-0.1, -0.05) is 11.2 Å². The highest BCUT2D eigenvalue weighted by atomic mass is 19.4. The van der Waals surface area contributed by atoms with Gasteiger partial charge in [0.05, 0.1) is 11.8 Å². The fraction of sp³-hybridized carbons (Fsp3) is 0.214. The second-order valence-electron chi connectivity index (χ2n) is 4.45. The molecule has 20 heavy (non-hydrogen) atoms. The van der Waals surface area contributed by atoms with Gasteiger partial charge in [-0.25, -0.2) is 0 Å². The number of alkyl halides is 3. The summed E-state index contributed by atoms with van der Waals surface area (Å²) in [5.74, 6) is 0. The van der Waals surface area contributed by atoms with Gasteiger partial charge in [-0.15, -0.1) is 0 Å². The van der Waals surface area contributed by atoms with Crippen LogP contribution in [0.1, 0.15) is 22.5 Å². The maximum atomic E-state index is 12.7. The van der Waals surface area contributed by atoms with Crippen LogP contribution in [0, 0.1) is 13.8 Å². The third-order valence-electron chi connectivity index (χ3n) is 3.10. The molecule has 0 radical (unpaired) electrons. The number of hydrogen-bond donors (Lipinski definition) is 1. The Labute approximate surface area is 114 Å².